The molecular weight excluding hydrogens is 239 g/mol. The topological polar surface area (TPSA) is 27.1 Å². The van der Waals surface area contributed by atoms with Crippen LogP contribution in [0.5, 0.6) is 0 Å². The molecule has 96 valence electrons. The maximum atomic E-state index is 13.3. The Morgan fingerprint density at radius 1 is 1.05 bits per heavy atom. The third kappa shape index (κ3) is 2.01. The number of nitrogens with one attached hydrogen (secondary N) is 1. The van der Waals surface area contributed by atoms with Crippen LogP contribution in [0, 0.1) is 25.1 Å². The van der Waals surface area contributed by atoms with E-state index in [0.29, 0.717) is 17.9 Å². The van der Waals surface area contributed by atoms with E-state index in [1.807, 2.05) is 18.7 Å². The average molecular weight is 254 g/mol. The highest BCUT2D eigenvalue weighted by atomic mass is 19.1. The van der Waals surface area contributed by atoms with Gasteiger partial charge in [-0.1, -0.05) is 12.1 Å². The van der Waals surface area contributed by atoms with Crippen LogP contribution in [0.25, 0.3) is 0 Å². The standard InChI is InChI=1S/C16H15FN2/c1-10-5-11(2)7-14(6-10)19-9-12-3-4-13(17)8-15(12)16(19)18/h3-8,18H,9H2,1-2H3. The van der Waals surface area contributed by atoms with Crippen LogP contribution in [0.2, 0.25) is 0 Å². The van der Waals surface area contributed by atoms with E-state index in [9.17, 15) is 4.39 Å². The van der Waals surface area contributed by atoms with E-state index in [1.165, 1.54) is 23.3 Å². The molecule has 0 saturated carbocycles. The molecule has 0 amide bonds. The molecule has 0 atom stereocenters. The Hall–Kier alpha value is -2.16. The zero-order chi connectivity index (χ0) is 13.6. The van der Waals surface area contributed by atoms with E-state index in [-0.39, 0.29) is 5.82 Å². The highest BCUT2D eigenvalue weighted by molar-refractivity contribution is 6.11. The quantitative estimate of drug-likeness (QED) is 0.823. The third-order valence-corrected chi connectivity index (χ3v) is 3.44. The predicted octanol–water partition coefficient (Wildman–Crippen LogP) is 3.79. The second kappa shape index (κ2) is 4.19. The van der Waals surface area contributed by atoms with Crippen molar-refractivity contribution in [1.82, 2.24) is 0 Å². The molecule has 0 bridgehead atoms. The molecule has 1 heterocycles. The van der Waals surface area contributed by atoms with Gasteiger partial charge in [-0.3, -0.25) is 5.41 Å². The lowest BCUT2D eigenvalue weighted by Gasteiger charge is -2.19. The molecule has 1 aliphatic heterocycles. The maximum Gasteiger partial charge on any atom is 0.133 e. The first-order valence-corrected chi connectivity index (χ1v) is 6.28. The Morgan fingerprint density at radius 2 is 1.74 bits per heavy atom. The van der Waals surface area contributed by atoms with Crippen molar-refractivity contribution in [2.45, 2.75) is 20.4 Å². The number of halogens is 1. The van der Waals surface area contributed by atoms with Crippen LogP contribution in [0.3, 0.4) is 0 Å². The van der Waals surface area contributed by atoms with Gasteiger partial charge in [0, 0.05) is 11.3 Å². The van der Waals surface area contributed by atoms with Gasteiger partial charge in [0.25, 0.3) is 0 Å². The molecule has 3 heteroatoms. The van der Waals surface area contributed by atoms with Gasteiger partial charge in [0.15, 0.2) is 0 Å². The second-order valence-corrected chi connectivity index (χ2v) is 5.08. The molecule has 0 spiro atoms. The van der Waals surface area contributed by atoms with Crippen LogP contribution in [-0.4, -0.2) is 5.84 Å². The largest absolute Gasteiger partial charge is 0.322 e. The molecule has 0 aliphatic carbocycles. The molecule has 19 heavy (non-hydrogen) atoms. The Kier molecular flexibility index (Phi) is 2.63. The van der Waals surface area contributed by atoms with Gasteiger partial charge in [-0.05, 0) is 54.8 Å². The number of fused-ring (bicyclic) bond motifs is 1. The summed E-state index contributed by atoms with van der Waals surface area (Å²) in [6, 6.07) is 10.9. The molecular formula is C16H15FN2. The summed E-state index contributed by atoms with van der Waals surface area (Å²) in [5, 5.41) is 8.22. The minimum absolute atomic E-state index is 0.286. The average Bonchev–Trinajstić information content (AvgIpc) is 2.66. The summed E-state index contributed by atoms with van der Waals surface area (Å²) in [5.41, 5.74) is 5.04. The fourth-order valence-electron chi connectivity index (χ4n) is 2.63. The van der Waals surface area contributed by atoms with Crippen molar-refractivity contribution in [3.8, 4) is 0 Å². The van der Waals surface area contributed by atoms with Gasteiger partial charge >= 0.3 is 0 Å². The molecule has 2 nitrogen and oxygen atoms in total. The number of aryl methyl sites for hydroxylation is 2. The summed E-state index contributed by atoms with van der Waals surface area (Å²) in [4.78, 5) is 1.92. The minimum atomic E-state index is -0.286. The van der Waals surface area contributed by atoms with Gasteiger partial charge in [0.1, 0.15) is 11.7 Å². The summed E-state index contributed by atoms with van der Waals surface area (Å²) in [6.45, 7) is 4.73. The zero-order valence-corrected chi connectivity index (χ0v) is 11.0. The van der Waals surface area contributed by atoms with Crippen molar-refractivity contribution in [2.24, 2.45) is 0 Å². The van der Waals surface area contributed by atoms with Crippen molar-refractivity contribution in [3.05, 3.63) is 64.5 Å². The normalized spacial score (nSPS) is 13.8. The van der Waals surface area contributed by atoms with Gasteiger partial charge in [0.2, 0.25) is 0 Å². The van der Waals surface area contributed by atoms with Crippen LogP contribution >= 0.6 is 0 Å². The molecule has 0 aromatic heterocycles. The molecule has 0 unspecified atom stereocenters. The van der Waals surface area contributed by atoms with E-state index < -0.39 is 0 Å². The molecule has 2 aromatic rings. The lowest BCUT2D eigenvalue weighted by molar-refractivity contribution is 0.627. The zero-order valence-electron chi connectivity index (χ0n) is 11.0. The first-order chi connectivity index (χ1) is 9.04. The smallest absolute Gasteiger partial charge is 0.133 e. The molecule has 1 aliphatic rings. The van der Waals surface area contributed by atoms with Gasteiger partial charge in [-0.15, -0.1) is 0 Å². The molecule has 0 saturated heterocycles. The van der Waals surface area contributed by atoms with Gasteiger partial charge in [0.05, 0.1) is 6.54 Å². The van der Waals surface area contributed by atoms with Crippen molar-refractivity contribution in [3.63, 3.8) is 0 Å². The molecule has 2 aromatic carbocycles. The van der Waals surface area contributed by atoms with E-state index in [0.717, 1.165) is 11.3 Å². The lowest BCUT2D eigenvalue weighted by Crippen LogP contribution is -2.23. The van der Waals surface area contributed by atoms with Crippen LogP contribution in [-0.2, 0) is 6.54 Å². The maximum absolute atomic E-state index is 13.3. The first-order valence-electron chi connectivity index (χ1n) is 6.28. The number of hydrogen-bond donors (Lipinski definition) is 1. The van der Waals surface area contributed by atoms with Crippen molar-refractivity contribution >= 4 is 11.5 Å². The predicted molar refractivity (Wildman–Crippen MR) is 75.3 cm³/mol. The van der Waals surface area contributed by atoms with Crippen LogP contribution in [0.4, 0.5) is 10.1 Å². The van der Waals surface area contributed by atoms with E-state index in [1.54, 1.807) is 6.07 Å². The molecule has 1 N–H and O–H groups in total. The number of amidine groups is 1. The van der Waals surface area contributed by atoms with E-state index >= 15 is 0 Å². The fraction of sp³-hybridized carbons (Fsp3) is 0.188. The fourth-order valence-corrected chi connectivity index (χ4v) is 2.63. The number of rotatable bonds is 1. The summed E-state index contributed by atoms with van der Waals surface area (Å²) in [5.74, 6) is 0.0882. The Morgan fingerprint density at radius 3 is 2.42 bits per heavy atom. The van der Waals surface area contributed by atoms with Gasteiger partial charge in [-0.2, -0.15) is 0 Å². The monoisotopic (exact) mass is 254 g/mol. The lowest BCUT2D eigenvalue weighted by atomic mass is 10.1. The van der Waals surface area contributed by atoms with Gasteiger partial charge < -0.3 is 4.90 Å². The molecule has 3 rings (SSSR count). The van der Waals surface area contributed by atoms with Crippen LogP contribution < -0.4 is 4.90 Å². The summed E-state index contributed by atoms with van der Waals surface area (Å²) in [6.07, 6.45) is 0. The molecule has 0 fully saturated rings. The highest BCUT2D eigenvalue weighted by Gasteiger charge is 2.25. The van der Waals surface area contributed by atoms with Gasteiger partial charge in [-0.25, -0.2) is 4.39 Å². The first kappa shape index (κ1) is 11.9. The van der Waals surface area contributed by atoms with Crippen LogP contribution in [0.15, 0.2) is 36.4 Å². The Labute approximate surface area is 112 Å². The van der Waals surface area contributed by atoms with Crippen molar-refractivity contribution in [1.29, 1.82) is 5.41 Å². The summed E-state index contributed by atoms with van der Waals surface area (Å²) < 4.78 is 13.3. The number of nitrogens with zero attached hydrogens (tertiary/aromatic N) is 1. The summed E-state index contributed by atoms with van der Waals surface area (Å²) >= 11 is 0. The third-order valence-electron chi connectivity index (χ3n) is 3.44. The second-order valence-electron chi connectivity index (χ2n) is 5.08. The number of hydrogen-bond acceptors (Lipinski definition) is 1. The highest BCUT2D eigenvalue weighted by Crippen LogP contribution is 2.29. The Bertz CT molecular complexity index is 656. The van der Waals surface area contributed by atoms with E-state index in [2.05, 4.69) is 18.2 Å². The van der Waals surface area contributed by atoms with E-state index in [4.69, 9.17) is 5.41 Å². The Balaban J connectivity index is 2.04. The van der Waals surface area contributed by atoms with Crippen LogP contribution in [0.1, 0.15) is 22.3 Å². The SMILES string of the molecule is Cc1cc(C)cc(N2Cc3ccc(F)cc3C2=N)c1. The molecule has 0 radical (unpaired) electrons. The van der Waals surface area contributed by atoms with Crippen molar-refractivity contribution in [2.75, 3.05) is 4.90 Å². The number of anilines is 1. The minimum Gasteiger partial charge on any atom is -0.322 e. The summed E-state index contributed by atoms with van der Waals surface area (Å²) in [7, 11) is 0. The number of benzene rings is 2. The van der Waals surface area contributed by atoms with Crippen molar-refractivity contribution < 1.29 is 4.39 Å².